The first-order chi connectivity index (χ1) is 8.75. The average molecular weight is 240 g/mol. The Balaban J connectivity index is 2.08. The normalized spacial score (nSPS) is 10.1. The molecule has 3 nitrogen and oxygen atoms in total. The van der Waals surface area contributed by atoms with Gasteiger partial charge in [0, 0.05) is 32.4 Å². The third-order valence-electron chi connectivity index (χ3n) is 2.76. The quantitative estimate of drug-likeness (QED) is 0.823. The summed E-state index contributed by atoms with van der Waals surface area (Å²) in [5, 5.41) is 0. The monoisotopic (exact) mass is 240 g/mol. The molecule has 1 heterocycles. The fourth-order valence-electron chi connectivity index (χ4n) is 1.79. The molecule has 0 N–H and O–H groups in total. The van der Waals surface area contributed by atoms with E-state index in [1.54, 1.807) is 19.3 Å². The van der Waals surface area contributed by atoms with Crippen LogP contribution in [0.15, 0.2) is 54.9 Å². The van der Waals surface area contributed by atoms with E-state index in [1.807, 2.05) is 47.4 Å². The van der Waals surface area contributed by atoms with Crippen LogP contribution in [0.2, 0.25) is 0 Å². The van der Waals surface area contributed by atoms with Gasteiger partial charge in [0.05, 0.1) is 0 Å². The van der Waals surface area contributed by atoms with Gasteiger partial charge in [0.25, 0.3) is 0 Å². The van der Waals surface area contributed by atoms with Gasteiger partial charge in [-0.2, -0.15) is 0 Å². The maximum Gasteiger partial charge on any atom is 0.220 e. The molecule has 1 amide bonds. The number of benzene rings is 1. The second kappa shape index (κ2) is 5.96. The van der Waals surface area contributed by atoms with Crippen molar-refractivity contribution in [2.45, 2.75) is 20.0 Å². The zero-order chi connectivity index (χ0) is 12.8. The van der Waals surface area contributed by atoms with E-state index in [2.05, 4.69) is 4.98 Å². The number of amides is 1. The number of carbonyl (C=O) groups excluding carboxylic acids is 1. The molecule has 0 atom stereocenters. The van der Waals surface area contributed by atoms with Gasteiger partial charge in [0.2, 0.25) is 5.91 Å². The van der Waals surface area contributed by atoms with Crippen LogP contribution in [-0.4, -0.2) is 15.8 Å². The smallest absolute Gasteiger partial charge is 0.220 e. The molecule has 1 aromatic carbocycles. The van der Waals surface area contributed by atoms with Gasteiger partial charge in [-0.3, -0.25) is 9.78 Å². The molecule has 0 saturated carbocycles. The molecule has 0 aliphatic rings. The molecule has 18 heavy (non-hydrogen) atoms. The van der Waals surface area contributed by atoms with Gasteiger partial charge in [-0.1, -0.05) is 36.4 Å². The number of carbonyl (C=O) groups is 1. The Labute approximate surface area is 107 Å². The highest BCUT2D eigenvalue weighted by Gasteiger charge is 2.09. The summed E-state index contributed by atoms with van der Waals surface area (Å²) >= 11 is 0. The Kier molecular flexibility index (Phi) is 4.07. The molecular weight excluding hydrogens is 224 g/mol. The highest BCUT2D eigenvalue weighted by Crippen LogP contribution is 2.09. The number of rotatable bonds is 4. The molecule has 0 fully saturated rings. The van der Waals surface area contributed by atoms with Gasteiger partial charge in [0.1, 0.15) is 0 Å². The van der Waals surface area contributed by atoms with E-state index in [-0.39, 0.29) is 5.91 Å². The third kappa shape index (κ3) is 3.42. The molecule has 92 valence electrons. The summed E-state index contributed by atoms with van der Waals surface area (Å²) in [5.41, 5.74) is 2.18. The minimum Gasteiger partial charge on any atom is -0.334 e. The molecule has 0 bridgehead atoms. The fourth-order valence-corrected chi connectivity index (χ4v) is 1.79. The molecular formula is C15H16N2O. The van der Waals surface area contributed by atoms with Gasteiger partial charge in [-0.15, -0.1) is 0 Å². The van der Waals surface area contributed by atoms with Crippen molar-refractivity contribution in [2.75, 3.05) is 0 Å². The second-order valence-corrected chi connectivity index (χ2v) is 4.22. The lowest BCUT2D eigenvalue weighted by Crippen LogP contribution is -2.27. The van der Waals surface area contributed by atoms with E-state index in [0.717, 1.165) is 11.1 Å². The molecule has 0 radical (unpaired) electrons. The van der Waals surface area contributed by atoms with Crippen LogP contribution in [0.25, 0.3) is 0 Å². The molecule has 0 spiro atoms. The van der Waals surface area contributed by atoms with Gasteiger partial charge < -0.3 is 4.90 Å². The van der Waals surface area contributed by atoms with Crippen LogP contribution < -0.4 is 0 Å². The average Bonchev–Trinajstić information content (AvgIpc) is 2.40. The van der Waals surface area contributed by atoms with Gasteiger partial charge in [-0.05, 0) is 17.2 Å². The second-order valence-electron chi connectivity index (χ2n) is 4.22. The first kappa shape index (κ1) is 12.3. The lowest BCUT2D eigenvalue weighted by Gasteiger charge is -2.21. The predicted molar refractivity (Wildman–Crippen MR) is 70.6 cm³/mol. The number of aromatic nitrogens is 1. The maximum absolute atomic E-state index is 11.7. The summed E-state index contributed by atoms with van der Waals surface area (Å²) in [6.07, 6.45) is 3.53. The molecule has 1 aromatic heterocycles. The van der Waals surface area contributed by atoms with Crippen molar-refractivity contribution in [1.29, 1.82) is 0 Å². The lowest BCUT2D eigenvalue weighted by atomic mass is 10.2. The largest absolute Gasteiger partial charge is 0.334 e. The Morgan fingerprint density at radius 2 is 1.72 bits per heavy atom. The minimum absolute atomic E-state index is 0.0720. The van der Waals surface area contributed by atoms with Crippen LogP contribution in [0.5, 0.6) is 0 Å². The van der Waals surface area contributed by atoms with E-state index < -0.39 is 0 Å². The van der Waals surface area contributed by atoms with Crippen molar-refractivity contribution in [3.05, 3.63) is 66.0 Å². The van der Waals surface area contributed by atoms with Crippen molar-refractivity contribution in [2.24, 2.45) is 0 Å². The van der Waals surface area contributed by atoms with Crippen molar-refractivity contribution in [3.63, 3.8) is 0 Å². The Hall–Kier alpha value is -2.16. The van der Waals surface area contributed by atoms with Crippen LogP contribution in [0.1, 0.15) is 18.1 Å². The molecule has 2 rings (SSSR count). The standard InChI is InChI=1S/C15H16N2O/c1-13(18)17(11-14-6-3-2-4-7-14)12-15-8-5-9-16-10-15/h2-10H,11-12H2,1H3. The zero-order valence-corrected chi connectivity index (χ0v) is 10.4. The van der Waals surface area contributed by atoms with Crippen LogP contribution in [0.4, 0.5) is 0 Å². The van der Waals surface area contributed by atoms with Crippen LogP contribution in [0, 0.1) is 0 Å². The first-order valence-electron chi connectivity index (χ1n) is 5.94. The van der Waals surface area contributed by atoms with Gasteiger partial charge >= 0.3 is 0 Å². The summed E-state index contributed by atoms with van der Waals surface area (Å²) in [4.78, 5) is 17.5. The van der Waals surface area contributed by atoms with Crippen LogP contribution >= 0.6 is 0 Å². The van der Waals surface area contributed by atoms with Gasteiger partial charge in [-0.25, -0.2) is 0 Å². The molecule has 0 saturated heterocycles. The summed E-state index contributed by atoms with van der Waals surface area (Å²) in [5.74, 6) is 0.0720. The summed E-state index contributed by atoms with van der Waals surface area (Å²) in [7, 11) is 0. The summed E-state index contributed by atoms with van der Waals surface area (Å²) < 4.78 is 0. The zero-order valence-electron chi connectivity index (χ0n) is 10.4. The number of nitrogens with zero attached hydrogens (tertiary/aromatic N) is 2. The lowest BCUT2D eigenvalue weighted by molar-refractivity contribution is -0.130. The highest BCUT2D eigenvalue weighted by atomic mass is 16.2. The third-order valence-corrected chi connectivity index (χ3v) is 2.76. The van der Waals surface area contributed by atoms with Crippen molar-refractivity contribution in [3.8, 4) is 0 Å². The SMILES string of the molecule is CC(=O)N(Cc1ccccc1)Cc1cccnc1. The summed E-state index contributed by atoms with van der Waals surface area (Å²) in [6.45, 7) is 2.82. The van der Waals surface area contributed by atoms with E-state index >= 15 is 0 Å². The first-order valence-corrected chi connectivity index (χ1v) is 5.94. The van der Waals surface area contributed by atoms with Gasteiger partial charge in [0.15, 0.2) is 0 Å². The molecule has 0 aliphatic carbocycles. The number of hydrogen-bond acceptors (Lipinski definition) is 2. The van der Waals surface area contributed by atoms with Crippen LogP contribution in [0.3, 0.4) is 0 Å². The Bertz CT molecular complexity index is 455. The number of hydrogen-bond donors (Lipinski definition) is 0. The maximum atomic E-state index is 11.7. The van der Waals surface area contributed by atoms with Crippen LogP contribution in [-0.2, 0) is 17.9 Å². The Morgan fingerprint density at radius 3 is 2.33 bits per heavy atom. The fraction of sp³-hybridized carbons (Fsp3) is 0.200. The van der Waals surface area contributed by atoms with E-state index in [1.165, 1.54) is 0 Å². The van der Waals surface area contributed by atoms with Crippen molar-refractivity contribution in [1.82, 2.24) is 9.88 Å². The van der Waals surface area contributed by atoms with Crippen molar-refractivity contribution < 1.29 is 4.79 Å². The number of pyridine rings is 1. The Morgan fingerprint density at radius 1 is 1.06 bits per heavy atom. The molecule has 2 aromatic rings. The summed E-state index contributed by atoms with van der Waals surface area (Å²) in [6, 6.07) is 13.9. The van der Waals surface area contributed by atoms with E-state index in [0.29, 0.717) is 13.1 Å². The van der Waals surface area contributed by atoms with E-state index in [9.17, 15) is 4.79 Å². The minimum atomic E-state index is 0.0720. The van der Waals surface area contributed by atoms with Crippen molar-refractivity contribution >= 4 is 5.91 Å². The predicted octanol–water partition coefficient (Wildman–Crippen LogP) is 2.63. The topological polar surface area (TPSA) is 33.2 Å². The highest BCUT2D eigenvalue weighted by molar-refractivity contribution is 5.73. The molecule has 3 heteroatoms. The molecule has 0 aliphatic heterocycles. The van der Waals surface area contributed by atoms with E-state index in [4.69, 9.17) is 0 Å². The molecule has 0 unspecified atom stereocenters.